The largest absolute Gasteiger partial charge is 0.496 e. The average Bonchev–Trinajstić information content (AvgIpc) is 2.83. The summed E-state index contributed by atoms with van der Waals surface area (Å²) >= 11 is 0. The van der Waals surface area contributed by atoms with E-state index in [0.29, 0.717) is 50.5 Å². The minimum absolute atomic E-state index is 0.108. The number of carbonyl (C=O) groups is 1. The van der Waals surface area contributed by atoms with Crippen LogP contribution in [0.4, 0.5) is 0 Å². The molecule has 2 aromatic carbocycles. The van der Waals surface area contributed by atoms with Crippen molar-refractivity contribution in [1.29, 1.82) is 0 Å². The van der Waals surface area contributed by atoms with Gasteiger partial charge < -0.3 is 19.5 Å². The topological polar surface area (TPSA) is 94.2 Å². The molecule has 0 unspecified atom stereocenters. The van der Waals surface area contributed by atoms with E-state index >= 15 is 0 Å². The van der Waals surface area contributed by atoms with E-state index in [1.807, 2.05) is 32.9 Å². The molecule has 35 heavy (non-hydrogen) atoms. The van der Waals surface area contributed by atoms with Crippen molar-refractivity contribution in [3.8, 4) is 11.5 Å². The average molecular weight is 503 g/mol. The molecule has 0 aromatic heterocycles. The van der Waals surface area contributed by atoms with Crippen molar-refractivity contribution in [3.05, 3.63) is 53.1 Å². The maximum Gasteiger partial charge on any atom is 0.243 e. The highest BCUT2D eigenvalue weighted by molar-refractivity contribution is 7.89. The number of sulfonamides is 1. The standard InChI is InChI=1S/C26H34N2O6S/c1-18-5-8-24-21(15-18)22(17-26(2,3)34-24)27-25(29)10-6-19-16-20(7-9-23(19)32-4)35(30,31)28-11-13-33-14-12-28/h5,7-9,15-16,22H,6,10-14,17H2,1-4H3,(H,27,29)/t22-/m1/s1. The molecule has 190 valence electrons. The first-order valence-electron chi connectivity index (χ1n) is 11.9. The van der Waals surface area contributed by atoms with Crippen LogP contribution in [0.25, 0.3) is 0 Å². The molecule has 4 rings (SSSR count). The molecule has 2 aliphatic rings. The van der Waals surface area contributed by atoms with Crippen LogP contribution in [0.2, 0.25) is 0 Å². The van der Waals surface area contributed by atoms with Crippen LogP contribution in [0.1, 0.15) is 49.4 Å². The third-order valence-corrected chi connectivity index (χ3v) is 8.33. The van der Waals surface area contributed by atoms with Crippen LogP contribution in [0.3, 0.4) is 0 Å². The number of nitrogens with zero attached hydrogens (tertiary/aromatic N) is 1. The lowest BCUT2D eigenvalue weighted by Crippen LogP contribution is -2.41. The zero-order valence-electron chi connectivity index (χ0n) is 20.8. The Kier molecular flexibility index (Phi) is 7.40. The van der Waals surface area contributed by atoms with Gasteiger partial charge in [-0.05, 0) is 57.0 Å². The quantitative estimate of drug-likeness (QED) is 0.624. The Labute approximate surface area is 207 Å². The summed E-state index contributed by atoms with van der Waals surface area (Å²) in [6, 6.07) is 10.7. The van der Waals surface area contributed by atoms with Gasteiger partial charge in [0.1, 0.15) is 17.1 Å². The zero-order chi connectivity index (χ0) is 25.2. The van der Waals surface area contributed by atoms with E-state index in [0.717, 1.165) is 16.9 Å². The Morgan fingerprint density at radius 1 is 1.17 bits per heavy atom. The van der Waals surface area contributed by atoms with E-state index in [1.54, 1.807) is 25.3 Å². The van der Waals surface area contributed by atoms with Gasteiger partial charge in [0, 0.05) is 31.5 Å². The second-order valence-corrected chi connectivity index (χ2v) is 11.7. The predicted molar refractivity (Wildman–Crippen MR) is 132 cm³/mol. The van der Waals surface area contributed by atoms with E-state index in [9.17, 15) is 13.2 Å². The summed E-state index contributed by atoms with van der Waals surface area (Å²) in [5, 5.41) is 3.16. The van der Waals surface area contributed by atoms with Crippen molar-refractivity contribution >= 4 is 15.9 Å². The molecule has 0 spiro atoms. The molecule has 2 aliphatic heterocycles. The number of fused-ring (bicyclic) bond motifs is 1. The van der Waals surface area contributed by atoms with Crippen molar-refractivity contribution in [2.75, 3.05) is 33.4 Å². The number of methoxy groups -OCH3 is 1. The predicted octanol–water partition coefficient (Wildman–Crippen LogP) is 3.38. The van der Waals surface area contributed by atoms with Crippen molar-refractivity contribution < 1.29 is 27.4 Å². The number of carbonyl (C=O) groups excluding carboxylic acids is 1. The number of hydrogen-bond acceptors (Lipinski definition) is 6. The Morgan fingerprint density at radius 2 is 1.91 bits per heavy atom. The zero-order valence-corrected chi connectivity index (χ0v) is 21.6. The molecule has 1 saturated heterocycles. The summed E-state index contributed by atoms with van der Waals surface area (Å²) < 4.78 is 44.4. The van der Waals surface area contributed by atoms with Gasteiger partial charge >= 0.3 is 0 Å². The molecule has 0 radical (unpaired) electrons. The first-order valence-corrected chi connectivity index (χ1v) is 13.4. The van der Waals surface area contributed by atoms with E-state index in [2.05, 4.69) is 11.4 Å². The lowest BCUT2D eigenvalue weighted by Gasteiger charge is -2.38. The van der Waals surface area contributed by atoms with Crippen molar-refractivity contribution in [1.82, 2.24) is 9.62 Å². The lowest BCUT2D eigenvalue weighted by atomic mass is 9.89. The molecule has 1 N–H and O–H groups in total. The van der Waals surface area contributed by atoms with Gasteiger partial charge in [-0.15, -0.1) is 0 Å². The summed E-state index contributed by atoms with van der Waals surface area (Å²) in [4.78, 5) is 13.2. The molecular formula is C26H34N2O6S. The highest BCUT2D eigenvalue weighted by atomic mass is 32.2. The lowest BCUT2D eigenvalue weighted by molar-refractivity contribution is -0.122. The van der Waals surface area contributed by atoms with Gasteiger partial charge in [-0.25, -0.2) is 8.42 Å². The minimum Gasteiger partial charge on any atom is -0.496 e. The fraction of sp³-hybridized carbons (Fsp3) is 0.500. The van der Waals surface area contributed by atoms with Crippen LogP contribution >= 0.6 is 0 Å². The molecule has 1 atom stereocenters. The first-order chi connectivity index (χ1) is 16.6. The SMILES string of the molecule is COc1ccc(S(=O)(=O)N2CCOCC2)cc1CCC(=O)N[C@@H]1CC(C)(C)Oc2ccc(C)cc21. The second-order valence-electron chi connectivity index (χ2n) is 9.72. The van der Waals surface area contributed by atoms with Gasteiger partial charge in [-0.3, -0.25) is 4.79 Å². The normalized spacial score (nSPS) is 19.9. The van der Waals surface area contributed by atoms with Gasteiger partial charge in [0.05, 0.1) is 31.3 Å². The first kappa shape index (κ1) is 25.5. The van der Waals surface area contributed by atoms with E-state index in [-0.39, 0.29) is 23.3 Å². The van der Waals surface area contributed by atoms with Crippen molar-refractivity contribution in [3.63, 3.8) is 0 Å². The smallest absolute Gasteiger partial charge is 0.243 e. The highest BCUT2D eigenvalue weighted by Crippen LogP contribution is 2.40. The van der Waals surface area contributed by atoms with Crippen LogP contribution in [0.15, 0.2) is 41.3 Å². The monoisotopic (exact) mass is 502 g/mol. The van der Waals surface area contributed by atoms with Crippen LogP contribution < -0.4 is 14.8 Å². The number of aryl methyl sites for hydroxylation is 2. The molecule has 2 aromatic rings. The molecule has 9 heteroatoms. The number of morpholine rings is 1. The van der Waals surface area contributed by atoms with Gasteiger partial charge in [0.25, 0.3) is 0 Å². The summed E-state index contributed by atoms with van der Waals surface area (Å²) in [6.07, 6.45) is 1.22. The molecule has 1 amide bonds. The third kappa shape index (κ3) is 5.79. The fourth-order valence-electron chi connectivity index (χ4n) is 4.66. The number of benzene rings is 2. The van der Waals surface area contributed by atoms with Crippen molar-refractivity contribution in [2.45, 2.75) is 56.6 Å². The summed E-state index contributed by atoms with van der Waals surface area (Å²) in [6.45, 7) is 7.47. The number of amides is 1. The Morgan fingerprint density at radius 3 is 2.63 bits per heavy atom. The summed E-state index contributed by atoms with van der Waals surface area (Å²) in [5.41, 5.74) is 2.37. The number of hydrogen-bond donors (Lipinski definition) is 1. The van der Waals surface area contributed by atoms with Crippen LogP contribution in [-0.4, -0.2) is 57.6 Å². The molecule has 0 saturated carbocycles. The molecule has 0 aliphatic carbocycles. The number of rotatable bonds is 7. The Balaban J connectivity index is 1.48. The minimum atomic E-state index is -3.64. The van der Waals surface area contributed by atoms with Gasteiger partial charge in [-0.2, -0.15) is 4.31 Å². The van der Waals surface area contributed by atoms with Gasteiger partial charge in [0.2, 0.25) is 15.9 Å². The van der Waals surface area contributed by atoms with Gasteiger partial charge in [0.15, 0.2) is 0 Å². The molecule has 8 nitrogen and oxygen atoms in total. The van der Waals surface area contributed by atoms with Gasteiger partial charge in [-0.1, -0.05) is 17.7 Å². The third-order valence-electron chi connectivity index (χ3n) is 6.44. The highest BCUT2D eigenvalue weighted by Gasteiger charge is 2.34. The van der Waals surface area contributed by atoms with Crippen LogP contribution in [0.5, 0.6) is 11.5 Å². The fourth-order valence-corrected chi connectivity index (χ4v) is 6.12. The maximum atomic E-state index is 13.1. The molecule has 2 heterocycles. The second kappa shape index (κ2) is 10.2. The molecule has 0 bridgehead atoms. The van der Waals surface area contributed by atoms with E-state index < -0.39 is 15.6 Å². The van der Waals surface area contributed by atoms with Crippen molar-refractivity contribution in [2.24, 2.45) is 0 Å². The maximum absolute atomic E-state index is 13.1. The summed E-state index contributed by atoms with van der Waals surface area (Å²) in [7, 11) is -2.10. The Bertz CT molecular complexity index is 1190. The van der Waals surface area contributed by atoms with E-state index in [4.69, 9.17) is 14.2 Å². The number of nitrogens with one attached hydrogen (secondary N) is 1. The van der Waals surface area contributed by atoms with Crippen LogP contribution in [0, 0.1) is 6.92 Å². The molecule has 1 fully saturated rings. The van der Waals surface area contributed by atoms with E-state index in [1.165, 1.54) is 4.31 Å². The molecular weight excluding hydrogens is 468 g/mol. The number of ether oxygens (including phenoxy) is 3. The van der Waals surface area contributed by atoms with Crippen LogP contribution in [-0.2, 0) is 26.0 Å². The Hall–Kier alpha value is -2.62. The summed E-state index contributed by atoms with van der Waals surface area (Å²) in [5.74, 6) is 1.25.